The fraction of sp³-hybridized carbons (Fsp3) is 0.273. The molecule has 0 unspecified atom stereocenters. The number of β-amino-alcohol motifs (C(OH)–C–C–N with tert-alkyl or cyclic N) is 1. The molecule has 1 N–H and O–H groups in total. The lowest BCUT2D eigenvalue weighted by Gasteiger charge is -2.36. The van der Waals surface area contributed by atoms with Crippen molar-refractivity contribution in [1.29, 1.82) is 0 Å². The second-order valence-corrected chi connectivity index (χ2v) is 3.80. The second-order valence-electron chi connectivity index (χ2n) is 3.80. The van der Waals surface area contributed by atoms with E-state index in [0.29, 0.717) is 13.1 Å². The summed E-state index contributed by atoms with van der Waals surface area (Å²) in [7, 11) is 0. The van der Waals surface area contributed by atoms with Crippen molar-refractivity contribution >= 4 is 5.82 Å². The van der Waals surface area contributed by atoms with Crippen molar-refractivity contribution in [2.24, 2.45) is 0 Å². The summed E-state index contributed by atoms with van der Waals surface area (Å²) in [5.41, 5.74) is 0.761. The van der Waals surface area contributed by atoms with Crippen molar-refractivity contribution in [2.45, 2.75) is 6.10 Å². The summed E-state index contributed by atoms with van der Waals surface area (Å²) in [6.45, 7) is 1.27. The zero-order chi connectivity index (χ0) is 11.0. The van der Waals surface area contributed by atoms with E-state index in [1.54, 1.807) is 6.26 Å². The predicted molar refractivity (Wildman–Crippen MR) is 58.0 cm³/mol. The van der Waals surface area contributed by atoms with E-state index >= 15 is 0 Å². The van der Waals surface area contributed by atoms with Crippen LogP contribution in [0.15, 0.2) is 35.2 Å². The second kappa shape index (κ2) is 3.61. The fourth-order valence-corrected chi connectivity index (χ4v) is 1.72. The van der Waals surface area contributed by atoms with Crippen molar-refractivity contribution < 1.29 is 9.52 Å². The first-order valence-electron chi connectivity index (χ1n) is 5.12. The van der Waals surface area contributed by atoms with Crippen LogP contribution < -0.4 is 4.90 Å². The van der Waals surface area contributed by atoms with Crippen LogP contribution in [0.2, 0.25) is 0 Å². The Bertz CT molecular complexity index is 478. The molecule has 1 aliphatic heterocycles. The number of furan rings is 1. The largest absolute Gasteiger partial charge is 0.463 e. The van der Waals surface area contributed by atoms with Gasteiger partial charge in [-0.05, 0) is 12.1 Å². The minimum Gasteiger partial charge on any atom is -0.463 e. The summed E-state index contributed by atoms with van der Waals surface area (Å²) >= 11 is 0. The Morgan fingerprint density at radius 3 is 2.94 bits per heavy atom. The van der Waals surface area contributed by atoms with Gasteiger partial charge >= 0.3 is 0 Å². The molecule has 2 aromatic heterocycles. The molecule has 0 bridgehead atoms. The standard InChI is InChI=1S/C11H11N3O2/c15-8-5-14(6-8)11-4-9(12-7-13-11)10-2-1-3-16-10/h1-4,7-8,15H,5-6H2. The van der Waals surface area contributed by atoms with Gasteiger partial charge in [-0.3, -0.25) is 0 Å². The molecule has 1 saturated heterocycles. The van der Waals surface area contributed by atoms with Crippen LogP contribution in [0.25, 0.3) is 11.5 Å². The van der Waals surface area contributed by atoms with Gasteiger partial charge in [0.1, 0.15) is 17.8 Å². The van der Waals surface area contributed by atoms with Crippen LogP contribution in [0.4, 0.5) is 5.82 Å². The van der Waals surface area contributed by atoms with Crippen LogP contribution in [0.1, 0.15) is 0 Å². The Kier molecular flexibility index (Phi) is 2.11. The number of aliphatic hydroxyl groups excluding tert-OH is 1. The molecular weight excluding hydrogens is 206 g/mol. The summed E-state index contributed by atoms with van der Waals surface area (Å²) in [5, 5.41) is 9.23. The van der Waals surface area contributed by atoms with E-state index < -0.39 is 0 Å². The fourth-order valence-electron chi connectivity index (χ4n) is 1.72. The zero-order valence-electron chi connectivity index (χ0n) is 8.58. The van der Waals surface area contributed by atoms with E-state index in [1.165, 1.54) is 6.33 Å². The summed E-state index contributed by atoms with van der Waals surface area (Å²) in [6.07, 6.45) is 2.89. The van der Waals surface area contributed by atoms with Gasteiger partial charge in [-0.25, -0.2) is 9.97 Å². The highest BCUT2D eigenvalue weighted by molar-refractivity contribution is 5.57. The lowest BCUT2D eigenvalue weighted by molar-refractivity contribution is 0.141. The van der Waals surface area contributed by atoms with E-state index in [4.69, 9.17) is 4.42 Å². The molecule has 0 radical (unpaired) electrons. The molecule has 1 fully saturated rings. The highest BCUT2D eigenvalue weighted by Gasteiger charge is 2.25. The van der Waals surface area contributed by atoms with Gasteiger partial charge in [-0.15, -0.1) is 0 Å². The van der Waals surface area contributed by atoms with Crippen molar-refractivity contribution in [1.82, 2.24) is 9.97 Å². The number of hydrogen-bond donors (Lipinski definition) is 1. The molecule has 5 heteroatoms. The van der Waals surface area contributed by atoms with E-state index in [-0.39, 0.29) is 6.10 Å². The molecule has 3 heterocycles. The third kappa shape index (κ3) is 1.55. The first kappa shape index (κ1) is 9.35. The molecular formula is C11H11N3O2. The first-order valence-corrected chi connectivity index (χ1v) is 5.12. The number of anilines is 1. The number of hydrogen-bond acceptors (Lipinski definition) is 5. The predicted octanol–water partition coefficient (Wildman–Crippen LogP) is 0.917. The van der Waals surface area contributed by atoms with Gasteiger partial charge in [0.2, 0.25) is 0 Å². The molecule has 0 aromatic carbocycles. The lowest BCUT2D eigenvalue weighted by atomic mass is 10.1. The Labute approximate surface area is 92.4 Å². The van der Waals surface area contributed by atoms with Crippen LogP contribution in [0, 0.1) is 0 Å². The average Bonchev–Trinajstić information content (AvgIpc) is 2.78. The Hall–Kier alpha value is -1.88. The van der Waals surface area contributed by atoms with Crippen molar-refractivity contribution in [3.05, 3.63) is 30.8 Å². The summed E-state index contributed by atoms with van der Waals surface area (Å²) in [4.78, 5) is 10.3. The Balaban J connectivity index is 1.89. The van der Waals surface area contributed by atoms with Gasteiger partial charge < -0.3 is 14.4 Å². The van der Waals surface area contributed by atoms with Crippen molar-refractivity contribution in [3.8, 4) is 11.5 Å². The zero-order valence-corrected chi connectivity index (χ0v) is 8.58. The van der Waals surface area contributed by atoms with E-state index in [0.717, 1.165) is 17.3 Å². The molecule has 16 heavy (non-hydrogen) atoms. The molecule has 0 saturated carbocycles. The normalized spacial score (nSPS) is 16.2. The molecule has 0 amide bonds. The molecule has 5 nitrogen and oxygen atoms in total. The molecule has 82 valence electrons. The lowest BCUT2D eigenvalue weighted by Crippen LogP contribution is -2.51. The average molecular weight is 217 g/mol. The third-order valence-corrected chi connectivity index (χ3v) is 2.61. The number of aliphatic hydroxyl groups is 1. The maximum absolute atomic E-state index is 9.23. The third-order valence-electron chi connectivity index (χ3n) is 2.61. The van der Waals surface area contributed by atoms with Crippen LogP contribution in [-0.4, -0.2) is 34.3 Å². The molecule has 2 aromatic rings. The van der Waals surface area contributed by atoms with Crippen LogP contribution in [0.5, 0.6) is 0 Å². The van der Waals surface area contributed by atoms with Gasteiger partial charge in [-0.1, -0.05) is 0 Å². The van der Waals surface area contributed by atoms with Crippen LogP contribution in [0.3, 0.4) is 0 Å². The smallest absolute Gasteiger partial charge is 0.152 e. The highest BCUT2D eigenvalue weighted by Crippen LogP contribution is 2.23. The molecule has 1 aliphatic rings. The minimum atomic E-state index is -0.234. The Morgan fingerprint density at radius 1 is 1.38 bits per heavy atom. The number of rotatable bonds is 2. The van der Waals surface area contributed by atoms with Gasteiger partial charge in [0.25, 0.3) is 0 Å². The van der Waals surface area contributed by atoms with Gasteiger partial charge in [0.05, 0.1) is 12.4 Å². The maximum Gasteiger partial charge on any atom is 0.152 e. The SMILES string of the molecule is OC1CN(c2cc(-c3ccco3)ncn2)C1. The van der Waals surface area contributed by atoms with Gasteiger partial charge in [0.15, 0.2) is 5.76 Å². The number of aromatic nitrogens is 2. The molecule has 3 rings (SSSR count). The minimum absolute atomic E-state index is 0.234. The highest BCUT2D eigenvalue weighted by atomic mass is 16.3. The first-order chi connectivity index (χ1) is 7.83. The quantitative estimate of drug-likeness (QED) is 0.810. The van der Waals surface area contributed by atoms with Crippen LogP contribution in [-0.2, 0) is 0 Å². The summed E-state index contributed by atoms with van der Waals surface area (Å²) in [6, 6.07) is 5.55. The van der Waals surface area contributed by atoms with Gasteiger partial charge in [-0.2, -0.15) is 0 Å². The molecule has 0 spiro atoms. The summed E-state index contributed by atoms with van der Waals surface area (Å²) < 4.78 is 5.27. The van der Waals surface area contributed by atoms with E-state index in [9.17, 15) is 5.11 Å². The maximum atomic E-state index is 9.23. The molecule has 0 aliphatic carbocycles. The topological polar surface area (TPSA) is 62.4 Å². The van der Waals surface area contributed by atoms with Crippen LogP contribution >= 0.6 is 0 Å². The molecule has 0 atom stereocenters. The summed E-state index contributed by atoms with van der Waals surface area (Å²) in [5.74, 6) is 1.55. The Morgan fingerprint density at radius 2 is 2.25 bits per heavy atom. The monoisotopic (exact) mass is 217 g/mol. The van der Waals surface area contributed by atoms with Crippen molar-refractivity contribution in [2.75, 3.05) is 18.0 Å². The van der Waals surface area contributed by atoms with Crippen molar-refractivity contribution in [3.63, 3.8) is 0 Å². The van der Waals surface area contributed by atoms with E-state index in [2.05, 4.69) is 9.97 Å². The van der Waals surface area contributed by atoms with E-state index in [1.807, 2.05) is 23.1 Å². The number of nitrogens with zero attached hydrogens (tertiary/aromatic N) is 3. The van der Waals surface area contributed by atoms with Gasteiger partial charge in [0, 0.05) is 19.2 Å².